The summed E-state index contributed by atoms with van der Waals surface area (Å²) < 4.78 is 4.85. The van der Waals surface area contributed by atoms with Crippen LogP contribution in [0, 0.1) is 10.1 Å². The number of hydrogen-bond donors (Lipinski definition) is 2. The van der Waals surface area contributed by atoms with Crippen molar-refractivity contribution in [1.82, 2.24) is 0 Å². The van der Waals surface area contributed by atoms with Crippen LogP contribution in [-0.2, 0) is 0 Å². The summed E-state index contributed by atoms with van der Waals surface area (Å²) in [5.74, 6) is -1.87. The van der Waals surface area contributed by atoms with Gasteiger partial charge in [-0.2, -0.15) is 0 Å². The van der Waals surface area contributed by atoms with Gasteiger partial charge in [0.1, 0.15) is 4.92 Å². The molecule has 2 N–H and O–H groups in total. The van der Waals surface area contributed by atoms with E-state index in [0.29, 0.717) is 16.4 Å². The Balaban J connectivity index is 1.72. The zero-order chi connectivity index (χ0) is 20.3. The van der Waals surface area contributed by atoms with Gasteiger partial charge in [-0.1, -0.05) is 29.3 Å². The summed E-state index contributed by atoms with van der Waals surface area (Å²) in [6.07, 6.45) is 0. The predicted octanol–water partition coefficient (Wildman–Crippen LogP) is 5.00. The Bertz CT molecular complexity index is 1080. The zero-order valence-electron chi connectivity index (χ0n) is 13.9. The molecule has 0 atom stereocenters. The van der Waals surface area contributed by atoms with E-state index in [1.54, 1.807) is 24.3 Å². The molecule has 3 rings (SSSR count). The van der Waals surface area contributed by atoms with Crippen LogP contribution in [0.5, 0.6) is 0 Å². The minimum absolute atomic E-state index is 0.203. The Morgan fingerprint density at radius 1 is 0.929 bits per heavy atom. The van der Waals surface area contributed by atoms with Crippen molar-refractivity contribution in [2.45, 2.75) is 0 Å². The maximum Gasteiger partial charge on any atom is 0.433 e. The average molecular weight is 420 g/mol. The molecule has 0 unspecified atom stereocenters. The summed E-state index contributed by atoms with van der Waals surface area (Å²) in [5.41, 5.74) is 0.992. The number of nitrogens with zero attached hydrogens (tertiary/aromatic N) is 1. The van der Waals surface area contributed by atoms with Gasteiger partial charge in [0.05, 0.1) is 16.7 Å². The second-order valence-electron chi connectivity index (χ2n) is 5.51. The molecular formula is C18H11Cl2N3O5. The van der Waals surface area contributed by atoms with Crippen LogP contribution in [0.4, 0.5) is 17.3 Å². The molecule has 0 saturated heterocycles. The number of halogens is 2. The molecule has 0 radical (unpaired) electrons. The van der Waals surface area contributed by atoms with Crippen LogP contribution >= 0.6 is 23.2 Å². The number of carbonyl (C=O) groups is 2. The monoisotopic (exact) mass is 419 g/mol. The summed E-state index contributed by atoms with van der Waals surface area (Å²) in [5, 5.41) is 16.4. The Morgan fingerprint density at radius 3 is 2.21 bits per heavy atom. The van der Waals surface area contributed by atoms with Crippen molar-refractivity contribution in [2.24, 2.45) is 0 Å². The molecule has 10 heteroatoms. The highest BCUT2D eigenvalue weighted by Crippen LogP contribution is 2.23. The van der Waals surface area contributed by atoms with Crippen LogP contribution in [0.15, 0.2) is 59.0 Å². The Labute approximate surface area is 168 Å². The third-order valence-corrected chi connectivity index (χ3v) is 4.10. The van der Waals surface area contributed by atoms with Crippen LogP contribution in [0.2, 0.25) is 10.0 Å². The quantitative estimate of drug-likeness (QED) is 0.445. The molecule has 3 aromatic rings. The van der Waals surface area contributed by atoms with Crippen LogP contribution in [0.3, 0.4) is 0 Å². The first-order valence-corrected chi connectivity index (χ1v) is 8.51. The van der Waals surface area contributed by atoms with Crippen LogP contribution in [0.25, 0.3) is 0 Å². The van der Waals surface area contributed by atoms with Gasteiger partial charge in [-0.25, -0.2) is 0 Å². The number of nitro groups is 1. The van der Waals surface area contributed by atoms with Crippen LogP contribution in [-0.4, -0.2) is 16.7 Å². The van der Waals surface area contributed by atoms with Crippen molar-refractivity contribution in [3.8, 4) is 0 Å². The fourth-order valence-electron chi connectivity index (χ4n) is 2.29. The van der Waals surface area contributed by atoms with Gasteiger partial charge >= 0.3 is 5.88 Å². The molecule has 0 saturated carbocycles. The molecule has 0 aliphatic rings. The lowest BCUT2D eigenvalue weighted by Crippen LogP contribution is -2.14. The number of nitrogens with one attached hydrogen (secondary N) is 2. The third-order valence-electron chi connectivity index (χ3n) is 3.55. The number of furan rings is 1. The van der Waals surface area contributed by atoms with Crippen molar-refractivity contribution in [3.63, 3.8) is 0 Å². The zero-order valence-corrected chi connectivity index (χ0v) is 15.5. The molecule has 2 aromatic carbocycles. The van der Waals surface area contributed by atoms with Gasteiger partial charge in [0.25, 0.3) is 11.8 Å². The molecule has 2 amide bonds. The van der Waals surface area contributed by atoms with Crippen molar-refractivity contribution in [2.75, 3.05) is 10.6 Å². The highest BCUT2D eigenvalue weighted by molar-refractivity contribution is 6.37. The highest BCUT2D eigenvalue weighted by atomic mass is 35.5. The molecule has 1 aromatic heterocycles. The minimum atomic E-state index is -0.741. The molecule has 142 valence electrons. The van der Waals surface area contributed by atoms with Crippen LogP contribution < -0.4 is 10.6 Å². The minimum Gasteiger partial charge on any atom is -0.395 e. The fraction of sp³-hybridized carbons (Fsp3) is 0. The molecule has 28 heavy (non-hydrogen) atoms. The first kappa shape index (κ1) is 19.4. The molecule has 0 fully saturated rings. The van der Waals surface area contributed by atoms with E-state index in [-0.39, 0.29) is 16.3 Å². The molecule has 0 bridgehead atoms. The van der Waals surface area contributed by atoms with E-state index in [0.717, 1.165) is 6.07 Å². The molecule has 1 heterocycles. The van der Waals surface area contributed by atoms with Gasteiger partial charge in [-0.15, -0.1) is 0 Å². The second kappa shape index (κ2) is 8.12. The smallest absolute Gasteiger partial charge is 0.395 e. The van der Waals surface area contributed by atoms with Crippen molar-refractivity contribution < 1.29 is 18.9 Å². The number of amides is 2. The van der Waals surface area contributed by atoms with Crippen molar-refractivity contribution in [3.05, 3.63) is 86.1 Å². The number of anilines is 2. The predicted molar refractivity (Wildman–Crippen MR) is 104 cm³/mol. The maximum atomic E-state index is 12.4. The molecule has 8 nitrogen and oxygen atoms in total. The topological polar surface area (TPSA) is 114 Å². The van der Waals surface area contributed by atoms with Gasteiger partial charge in [-0.3, -0.25) is 19.7 Å². The Kier molecular flexibility index (Phi) is 5.62. The van der Waals surface area contributed by atoms with Crippen molar-refractivity contribution in [1.29, 1.82) is 0 Å². The average Bonchev–Trinajstić information content (AvgIpc) is 3.12. The van der Waals surface area contributed by atoms with Gasteiger partial charge in [0.2, 0.25) is 0 Å². The number of benzene rings is 2. The molecule has 0 spiro atoms. The van der Waals surface area contributed by atoms with E-state index < -0.39 is 22.6 Å². The lowest BCUT2D eigenvalue weighted by Gasteiger charge is -2.09. The van der Waals surface area contributed by atoms with Gasteiger partial charge in [0.15, 0.2) is 5.76 Å². The normalized spacial score (nSPS) is 10.4. The number of hydrogen-bond acceptors (Lipinski definition) is 5. The van der Waals surface area contributed by atoms with E-state index >= 15 is 0 Å². The largest absolute Gasteiger partial charge is 0.433 e. The third kappa shape index (κ3) is 4.48. The summed E-state index contributed by atoms with van der Waals surface area (Å²) in [4.78, 5) is 34.4. The standard InChI is InChI=1S/C18H11Cl2N3O5/c19-10-4-5-13(14(20)8-10)17(24)21-11-2-1-3-12(9-11)22-18(25)15-6-7-16(28-15)23(26)27/h1-9H,(H,21,24)(H,22,25). The van der Waals surface area contributed by atoms with E-state index in [1.165, 1.54) is 24.3 Å². The Hall–Kier alpha value is -3.36. The first-order chi connectivity index (χ1) is 13.3. The van der Waals surface area contributed by atoms with E-state index in [4.69, 9.17) is 27.6 Å². The Morgan fingerprint density at radius 2 is 1.61 bits per heavy atom. The summed E-state index contributed by atoms with van der Waals surface area (Å²) in [6, 6.07) is 13.1. The fourth-order valence-corrected chi connectivity index (χ4v) is 2.78. The lowest BCUT2D eigenvalue weighted by molar-refractivity contribution is -0.402. The summed E-state index contributed by atoms with van der Waals surface area (Å²) >= 11 is 11.8. The molecule has 0 aliphatic carbocycles. The number of carbonyl (C=O) groups excluding carboxylic acids is 2. The van der Waals surface area contributed by atoms with Gasteiger partial charge in [-0.05, 0) is 42.5 Å². The summed E-state index contributed by atoms with van der Waals surface area (Å²) in [6.45, 7) is 0. The summed E-state index contributed by atoms with van der Waals surface area (Å²) in [7, 11) is 0. The lowest BCUT2D eigenvalue weighted by atomic mass is 10.2. The SMILES string of the molecule is O=C(Nc1cccc(NC(=O)c2ccc(Cl)cc2Cl)c1)c1ccc([N+](=O)[O-])o1. The molecular weight excluding hydrogens is 409 g/mol. The van der Waals surface area contributed by atoms with Gasteiger partial charge in [0, 0.05) is 16.4 Å². The van der Waals surface area contributed by atoms with Crippen LogP contribution in [0.1, 0.15) is 20.9 Å². The van der Waals surface area contributed by atoms with E-state index in [9.17, 15) is 19.7 Å². The molecule has 0 aliphatic heterocycles. The maximum absolute atomic E-state index is 12.4. The van der Waals surface area contributed by atoms with E-state index in [2.05, 4.69) is 10.6 Å². The number of rotatable bonds is 5. The van der Waals surface area contributed by atoms with Gasteiger partial charge < -0.3 is 15.1 Å². The first-order valence-electron chi connectivity index (χ1n) is 7.75. The van der Waals surface area contributed by atoms with E-state index in [1.807, 2.05) is 0 Å². The highest BCUT2D eigenvalue weighted by Gasteiger charge is 2.17. The second-order valence-corrected chi connectivity index (χ2v) is 6.35. The van der Waals surface area contributed by atoms with Crippen molar-refractivity contribution >= 4 is 52.3 Å².